The summed E-state index contributed by atoms with van der Waals surface area (Å²) >= 11 is 0. The normalized spacial score (nSPS) is 12.8. The van der Waals surface area contributed by atoms with E-state index in [1.54, 1.807) is 0 Å². The Morgan fingerprint density at radius 1 is 0.400 bits per heavy atom. The van der Waals surface area contributed by atoms with Crippen LogP contribution in [0.15, 0.2) is 121 Å². The van der Waals surface area contributed by atoms with Crippen molar-refractivity contribution in [2.45, 2.75) is 211 Å². The van der Waals surface area contributed by atoms with Gasteiger partial charge in [-0.3, -0.25) is 0 Å². The van der Waals surface area contributed by atoms with E-state index in [2.05, 4.69) is 252 Å². The number of hydrogen-bond donors (Lipinski definition) is 2. The van der Waals surface area contributed by atoms with Crippen LogP contribution in [0.3, 0.4) is 0 Å². The van der Waals surface area contributed by atoms with Crippen molar-refractivity contribution in [1.82, 2.24) is 9.13 Å². The van der Waals surface area contributed by atoms with Gasteiger partial charge < -0.3 is 43.7 Å². The van der Waals surface area contributed by atoms with Crippen molar-refractivity contribution < 1.29 is 54.7 Å². The molecule has 0 aliphatic rings. The molecule has 0 aliphatic heterocycles. The summed E-state index contributed by atoms with van der Waals surface area (Å²) in [5, 5.41) is 30.8. The number of nitrogens with zero attached hydrogens (tertiary/aromatic N) is 2. The first kappa shape index (κ1) is 75.7. The van der Waals surface area contributed by atoms with Gasteiger partial charge in [-0.15, -0.1) is 0 Å². The quantitative estimate of drug-likeness (QED) is 0.0610. The summed E-state index contributed by atoms with van der Waals surface area (Å²) < 4.78 is 47.6. The SMILES string of the molecule is Cc1cc(F)cc(-c2cc(C(C)(C)CC(C)C)cc(-n3c4cc(C(C)(C)C)ccc4c4ccc(C(C)(C)C)cc43)c2O)c1[OH+]CCC[OH+]c1c(C)cc(F)cc1-c1cc(C(C)(C)CC(C)(C)C)cc(-n2c3cc(C(C)(C)C)ccc3c3ccc(C(C)(C)C)cc32)c1O.[CH3-].[CH3-].[Zr]. The van der Waals surface area contributed by atoms with Crippen molar-refractivity contribution in [3.05, 3.63) is 192 Å². The van der Waals surface area contributed by atoms with Gasteiger partial charge in [0.25, 0.3) is 11.5 Å². The van der Waals surface area contributed by atoms with Gasteiger partial charge in [0.1, 0.15) is 29.6 Å². The zero-order valence-electron chi connectivity index (χ0n) is 62.1. The van der Waals surface area contributed by atoms with Crippen LogP contribution in [0, 0.1) is 51.7 Å². The molecule has 0 atom stereocenters. The molecule has 0 fully saturated rings. The molecule has 8 aromatic carbocycles. The van der Waals surface area contributed by atoms with Crippen LogP contribution in [0.5, 0.6) is 23.0 Å². The molecule has 506 valence electrons. The molecule has 10 rings (SSSR count). The minimum atomic E-state index is -0.418. The third-order valence-electron chi connectivity index (χ3n) is 19.1. The Hall–Kier alpha value is -6.70. The van der Waals surface area contributed by atoms with E-state index in [0.29, 0.717) is 81.8 Å². The number of benzene rings is 8. The van der Waals surface area contributed by atoms with Gasteiger partial charge in [-0.1, -0.05) is 194 Å². The van der Waals surface area contributed by atoms with Gasteiger partial charge in [0.15, 0.2) is 13.2 Å². The van der Waals surface area contributed by atoms with Crippen LogP contribution in [0.25, 0.3) is 77.2 Å². The second kappa shape index (κ2) is 27.0. The summed E-state index contributed by atoms with van der Waals surface area (Å²) in [6, 6.07) is 41.4. The van der Waals surface area contributed by atoms with E-state index in [-0.39, 0.29) is 90.5 Å². The number of rotatable bonds is 15. The van der Waals surface area contributed by atoms with Crippen molar-refractivity contribution >= 4 is 43.6 Å². The first-order chi connectivity index (χ1) is 42.5. The molecule has 0 saturated carbocycles. The number of halogens is 2. The van der Waals surface area contributed by atoms with Gasteiger partial charge in [-0.2, -0.15) is 0 Å². The van der Waals surface area contributed by atoms with Gasteiger partial charge in [0.05, 0.1) is 44.6 Å². The summed E-state index contributed by atoms with van der Waals surface area (Å²) in [5.41, 5.74) is 14.0. The van der Waals surface area contributed by atoms with E-state index in [1.165, 1.54) is 46.5 Å². The summed E-state index contributed by atoms with van der Waals surface area (Å²) in [5.74, 6) is 0.821. The Bertz CT molecular complexity index is 4360. The number of fused-ring (bicyclic) bond motifs is 6. The van der Waals surface area contributed by atoms with E-state index in [1.807, 2.05) is 13.8 Å². The maximum absolute atomic E-state index is 16.3. The average Bonchev–Trinajstić information content (AvgIpc) is 1.62. The zero-order chi connectivity index (χ0) is 67.5. The summed E-state index contributed by atoms with van der Waals surface area (Å²) in [6.07, 6.45) is 2.23. The fourth-order valence-corrected chi connectivity index (χ4v) is 14.5. The Morgan fingerprint density at radius 2 is 0.705 bits per heavy atom. The van der Waals surface area contributed by atoms with Crippen LogP contribution in [-0.4, -0.2) is 42.0 Å². The van der Waals surface area contributed by atoms with Crippen molar-refractivity contribution in [1.29, 1.82) is 0 Å². The molecular weight excluding hydrogens is 1250 g/mol. The largest absolute Gasteiger partial charge is 0.582 e. The molecule has 0 radical (unpaired) electrons. The minimum Gasteiger partial charge on any atom is -0.582 e. The van der Waals surface area contributed by atoms with Crippen LogP contribution >= 0.6 is 0 Å². The van der Waals surface area contributed by atoms with E-state index >= 15 is 8.78 Å². The fraction of sp³-hybridized carbons (Fsp3) is 0.419. The predicted molar refractivity (Wildman–Crippen MR) is 400 cm³/mol. The number of aryl methyl sites for hydroxylation is 2. The van der Waals surface area contributed by atoms with Gasteiger partial charge in [0, 0.05) is 70.0 Å². The smallest absolute Gasteiger partial charge is 0.265 e. The number of phenols is 2. The molecule has 0 saturated heterocycles. The van der Waals surface area contributed by atoms with E-state index < -0.39 is 11.6 Å². The van der Waals surface area contributed by atoms with E-state index in [0.717, 1.165) is 67.6 Å². The monoisotopic (exact) mass is 1360 g/mol. The van der Waals surface area contributed by atoms with Gasteiger partial charge in [0.2, 0.25) is 0 Å². The number of ether oxygens (including phenoxy) is 2. The van der Waals surface area contributed by atoms with Crippen molar-refractivity contribution in [2.75, 3.05) is 13.2 Å². The standard InChI is InChI=1S/C84H102F2N2O4.2CH3.Zr/c1-49(2)47-83(20,21)56-37-64(74(89)72(43-56)87-68-39-52(79(8,9)10)25-29-60(68)61-30-26-53(40-69(61)87)80(11,12)13)66-45-58(85)35-50(3)76(66)91-33-24-34-92-77-51(4)36-59(86)46-67(77)65-38-57(84(22,23)48-78(5,6)7)44-73(75(65)90)88-70-41-54(81(14,15)16)27-31-62(70)63-32-28-55(42-71(63)88)82(17,18)19;;;/h25-32,35-46,49,89-90H,24,33-34,47-48H2,1-23H3;2*1H3;/q;2*-1;/p+2. The Kier molecular flexibility index (Phi) is 21.5. The Balaban J connectivity index is 0.00000425. The molecule has 2 heterocycles. The van der Waals surface area contributed by atoms with Crippen molar-refractivity contribution in [3.63, 3.8) is 0 Å². The maximum Gasteiger partial charge on any atom is 0.265 e. The summed E-state index contributed by atoms with van der Waals surface area (Å²) in [6.45, 7) is 51.4. The molecule has 9 heteroatoms. The second-order valence-corrected chi connectivity index (χ2v) is 33.8. The molecule has 0 unspecified atom stereocenters. The van der Waals surface area contributed by atoms with E-state index in [4.69, 9.17) is 9.47 Å². The first-order valence-electron chi connectivity index (χ1n) is 33.4. The Labute approximate surface area is 588 Å². The van der Waals surface area contributed by atoms with Crippen LogP contribution in [-0.2, 0) is 58.7 Å². The van der Waals surface area contributed by atoms with Crippen LogP contribution in [0.4, 0.5) is 8.78 Å². The van der Waals surface area contributed by atoms with Crippen LogP contribution < -0.4 is 0 Å². The maximum atomic E-state index is 16.3. The molecular formula is C86H110F2N2O4Zr. The number of aromatic hydroxyl groups is 4. The molecule has 4 N–H and O–H groups in total. The molecule has 95 heavy (non-hydrogen) atoms. The Morgan fingerprint density at radius 3 is 0.989 bits per heavy atom. The van der Waals surface area contributed by atoms with Gasteiger partial charge in [-0.05, 0) is 177 Å². The number of phenolic OH excluding ortho intramolecular Hbond substituents is 2. The molecule has 0 amide bonds. The first-order valence-corrected chi connectivity index (χ1v) is 33.4. The molecule has 0 bridgehead atoms. The predicted octanol–water partition coefficient (Wildman–Crippen LogP) is 24.2. The van der Waals surface area contributed by atoms with Crippen molar-refractivity contribution in [3.8, 4) is 56.6 Å². The second-order valence-electron chi connectivity index (χ2n) is 33.8. The number of hydrogen-bond acceptors (Lipinski definition) is 2. The third-order valence-corrected chi connectivity index (χ3v) is 19.1. The average molecular weight is 1370 g/mol. The van der Waals surface area contributed by atoms with Gasteiger partial charge in [-0.25, -0.2) is 8.78 Å². The zero-order valence-corrected chi connectivity index (χ0v) is 64.6. The molecule has 0 aliphatic carbocycles. The number of aromatic nitrogens is 2. The summed E-state index contributed by atoms with van der Waals surface area (Å²) in [7, 11) is 0. The molecule has 0 spiro atoms. The van der Waals surface area contributed by atoms with Crippen LogP contribution in [0.2, 0.25) is 0 Å². The third kappa shape index (κ3) is 15.2. The molecule has 10 aromatic rings. The molecule has 6 nitrogen and oxygen atoms in total. The van der Waals surface area contributed by atoms with Crippen LogP contribution in [0.1, 0.15) is 209 Å². The van der Waals surface area contributed by atoms with Gasteiger partial charge >= 0.3 is 0 Å². The van der Waals surface area contributed by atoms with Crippen molar-refractivity contribution in [2.24, 2.45) is 11.3 Å². The summed E-state index contributed by atoms with van der Waals surface area (Å²) in [4.78, 5) is 0. The topological polar surface area (TPSA) is 75.9 Å². The fourth-order valence-electron chi connectivity index (χ4n) is 14.5. The molecule has 2 aromatic heterocycles. The minimum absolute atomic E-state index is 0. The van der Waals surface area contributed by atoms with E-state index in [9.17, 15) is 10.2 Å². The number of aliphatic hydroxyl groups is 2.